The second-order valence-electron chi connectivity index (χ2n) is 5.61. The lowest BCUT2D eigenvalue weighted by atomic mass is 10.1. The molecular formula is C17H26N2O2. The molecule has 1 rings (SSSR count). The molecule has 0 radical (unpaired) electrons. The van der Waals surface area contributed by atoms with Crippen molar-refractivity contribution in [1.29, 1.82) is 0 Å². The maximum absolute atomic E-state index is 12.3. The molecule has 0 heterocycles. The number of ether oxygens (including phenoxy) is 1. The monoisotopic (exact) mass is 290 g/mol. The molecule has 0 saturated carbocycles. The first-order valence-corrected chi connectivity index (χ1v) is 7.19. The van der Waals surface area contributed by atoms with Gasteiger partial charge in [0.15, 0.2) is 5.78 Å². The summed E-state index contributed by atoms with van der Waals surface area (Å²) >= 11 is 0. The van der Waals surface area contributed by atoms with Crippen molar-refractivity contribution in [3.8, 4) is 5.75 Å². The van der Waals surface area contributed by atoms with Crippen molar-refractivity contribution in [2.75, 3.05) is 33.8 Å². The highest BCUT2D eigenvalue weighted by molar-refractivity contribution is 5.99. The fourth-order valence-corrected chi connectivity index (χ4v) is 1.77. The van der Waals surface area contributed by atoms with E-state index in [2.05, 4.69) is 16.8 Å². The number of hydrogen-bond acceptors (Lipinski definition) is 4. The van der Waals surface area contributed by atoms with Crippen molar-refractivity contribution in [2.45, 2.75) is 19.9 Å². The number of carbonyl (C=O) groups excluding carboxylic acids is 1. The van der Waals surface area contributed by atoms with Crippen LogP contribution in [0.3, 0.4) is 0 Å². The summed E-state index contributed by atoms with van der Waals surface area (Å²) < 4.78 is 5.52. The lowest BCUT2D eigenvalue weighted by Crippen LogP contribution is -2.38. The zero-order chi connectivity index (χ0) is 15.8. The molecule has 0 aliphatic carbocycles. The summed E-state index contributed by atoms with van der Waals surface area (Å²) in [6.45, 7) is 9.79. The van der Waals surface area contributed by atoms with Gasteiger partial charge in [0.1, 0.15) is 12.4 Å². The number of benzene rings is 1. The van der Waals surface area contributed by atoms with Crippen LogP contribution >= 0.6 is 0 Å². The summed E-state index contributed by atoms with van der Waals surface area (Å²) in [4.78, 5) is 14.3. The molecule has 4 nitrogen and oxygen atoms in total. The molecule has 0 saturated heterocycles. The van der Waals surface area contributed by atoms with Gasteiger partial charge in [0.25, 0.3) is 0 Å². The molecule has 0 amide bonds. The number of hydrogen-bond donors (Lipinski definition) is 1. The Morgan fingerprint density at radius 2 is 1.95 bits per heavy atom. The van der Waals surface area contributed by atoms with Crippen LogP contribution in [-0.4, -0.2) is 50.5 Å². The fourth-order valence-electron chi connectivity index (χ4n) is 1.77. The molecule has 116 valence electrons. The van der Waals surface area contributed by atoms with E-state index in [1.807, 2.05) is 40.1 Å². The van der Waals surface area contributed by atoms with Gasteiger partial charge in [-0.25, -0.2) is 0 Å². The van der Waals surface area contributed by atoms with Crippen LogP contribution < -0.4 is 10.1 Å². The highest BCUT2D eigenvalue weighted by Gasteiger charge is 2.14. The fraction of sp³-hybridized carbons (Fsp3) is 0.471. The largest absolute Gasteiger partial charge is 0.489 e. The molecule has 1 aromatic carbocycles. The Bertz CT molecular complexity index is 466. The molecule has 4 heteroatoms. The highest BCUT2D eigenvalue weighted by Crippen LogP contribution is 2.14. The van der Waals surface area contributed by atoms with E-state index in [0.717, 1.165) is 24.4 Å². The molecular weight excluding hydrogens is 264 g/mol. The van der Waals surface area contributed by atoms with Crippen molar-refractivity contribution in [3.05, 3.63) is 42.0 Å². The predicted molar refractivity (Wildman–Crippen MR) is 87.1 cm³/mol. The number of rotatable bonds is 9. The van der Waals surface area contributed by atoms with Crippen molar-refractivity contribution in [2.24, 2.45) is 0 Å². The van der Waals surface area contributed by atoms with Gasteiger partial charge in [0.2, 0.25) is 0 Å². The van der Waals surface area contributed by atoms with Crippen LogP contribution in [0.5, 0.6) is 5.75 Å². The Labute approximate surface area is 127 Å². The van der Waals surface area contributed by atoms with Crippen LogP contribution in [0, 0.1) is 0 Å². The summed E-state index contributed by atoms with van der Waals surface area (Å²) in [5.41, 5.74) is 1.66. The highest BCUT2D eigenvalue weighted by atomic mass is 16.5. The zero-order valence-electron chi connectivity index (χ0n) is 13.5. The van der Waals surface area contributed by atoms with E-state index in [9.17, 15) is 4.79 Å². The molecule has 0 aromatic heterocycles. The van der Waals surface area contributed by atoms with Crippen molar-refractivity contribution >= 4 is 5.78 Å². The quantitative estimate of drug-likeness (QED) is 0.560. The van der Waals surface area contributed by atoms with E-state index in [1.54, 1.807) is 12.1 Å². The van der Waals surface area contributed by atoms with Crippen molar-refractivity contribution in [1.82, 2.24) is 10.2 Å². The number of nitrogens with zero attached hydrogens (tertiary/aromatic N) is 1. The third-order valence-corrected chi connectivity index (χ3v) is 3.03. The molecule has 1 unspecified atom stereocenters. The number of likely N-dealkylation sites (N-methyl/N-ethyl adjacent to an activating group) is 1. The van der Waals surface area contributed by atoms with Gasteiger partial charge >= 0.3 is 0 Å². The first-order valence-electron chi connectivity index (χ1n) is 7.19. The minimum absolute atomic E-state index is 0.0974. The van der Waals surface area contributed by atoms with E-state index in [1.165, 1.54) is 0 Å². The van der Waals surface area contributed by atoms with Gasteiger partial charge in [0.05, 0.1) is 6.04 Å². The second kappa shape index (κ2) is 8.60. The molecule has 1 N–H and O–H groups in total. The Morgan fingerprint density at radius 1 is 1.33 bits per heavy atom. The Hall–Kier alpha value is -1.65. The SMILES string of the molecule is C=C(C)COc1ccc(C(=O)C(C)NCCN(C)C)cc1. The summed E-state index contributed by atoms with van der Waals surface area (Å²) in [6, 6.07) is 7.07. The van der Waals surface area contributed by atoms with Crippen LogP contribution in [0.1, 0.15) is 24.2 Å². The average Bonchev–Trinajstić information content (AvgIpc) is 2.44. The van der Waals surface area contributed by atoms with E-state index in [0.29, 0.717) is 12.2 Å². The predicted octanol–water partition coefficient (Wildman–Crippen LogP) is 2.36. The van der Waals surface area contributed by atoms with Crippen molar-refractivity contribution in [3.63, 3.8) is 0 Å². The van der Waals surface area contributed by atoms with Gasteiger partial charge in [-0.05, 0) is 57.8 Å². The Morgan fingerprint density at radius 3 is 2.48 bits per heavy atom. The van der Waals surface area contributed by atoms with Crippen LogP contribution in [0.2, 0.25) is 0 Å². The van der Waals surface area contributed by atoms with Crippen LogP contribution in [0.4, 0.5) is 0 Å². The van der Waals surface area contributed by atoms with Crippen LogP contribution in [0.15, 0.2) is 36.4 Å². The van der Waals surface area contributed by atoms with Gasteiger partial charge in [-0.2, -0.15) is 0 Å². The standard InChI is InChI=1S/C17H26N2O2/c1-13(2)12-21-16-8-6-15(7-9-16)17(20)14(3)18-10-11-19(4)5/h6-9,14,18H,1,10-12H2,2-5H3. The zero-order valence-corrected chi connectivity index (χ0v) is 13.5. The summed E-state index contributed by atoms with van der Waals surface area (Å²) in [5.74, 6) is 0.850. The molecule has 21 heavy (non-hydrogen) atoms. The number of ketones is 1. The lowest BCUT2D eigenvalue weighted by molar-refractivity contribution is 0.0950. The third-order valence-electron chi connectivity index (χ3n) is 3.03. The van der Waals surface area contributed by atoms with E-state index in [-0.39, 0.29) is 11.8 Å². The molecule has 0 fully saturated rings. The molecule has 0 aliphatic rings. The van der Waals surface area contributed by atoms with Crippen molar-refractivity contribution < 1.29 is 9.53 Å². The Balaban J connectivity index is 2.52. The van der Waals surface area contributed by atoms with Gasteiger partial charge < -0.3 is 15.0 Å². The minimum Gasteiger partial charge on any atom is -0.489 e. The summed E-state index contributed by atoms with van der Waals surface area (Å²) in [5, 5.41) is 3.23. The maximum atomic E-state index is 12.3. The van der Waals surface area contributed by atoms with E-state index in [4.69, 9.17) is 4.74 Å². The second-order valence-corrected chi connectivity index (χ2v) is 5.61. The number of nitrogens with one attached hydrogen (secondary N) is 1. The lowest BCUT2D eigenvalue weighted by Gasteiger charge is -2.15. The molecule has 0 bridgehead atoms. The van der Waals surface area contributed by atoms with Gasteiger partial charge in [0, 0.05) is 18.7 Å². The molecule has 1 aromatic rings. The first-order chi connectivity index (χ1) is 9.90. The number of Topliss-reactive ketones (excluding diaryl/α,β-unsaturated/α-hetero) is 1. The van der Waals surface area contributed by atoms with E-state index >= 15 is 0 Å². The van der Waals surface area contributed by atoms with Gasteiger partial charge in [-0.3, -0.25) is 4.79 Å². The Kier molecular flexibility index (Phi) is 7.12. The van der Waals surface area contributed by atoms with Gasteiger partial charge in [-0.15, -0.1) is 0 Å². The smallest absolute Gasteiger partial charge is 0.179 e. The third kappa shape index (κ3) is 6.56. The van der Waals surface area contributed by atoms with Gasteiger partial charge in [-0.1, -0.05) is 6.58 Å². The topological polar surface area (TPSA) is 41.6 Å². The van der Waals surface area contributed by atoms with Crippen LogP contribution in [0.25, 0.3) is 0 Å². The average molecular weight is 290 g/mol. The maximum Gasteiger partial charge on any atom is 0.179 e. The summed E-state index contributed by atoms with van der Waals surface area (Å²) in [7, 11) is 4.02. The molecule has 1 atom stereocenters. The summed E-state index contributed by atoms with van der Waals surface area (Å²) in [6.07, 6.45) is 0. The molecule has 0 aliphatic heterocycles. The van der Waals surface area contributed by atoms with Crippen LogP contribution in [-0.2, 0) is 0 Å². The normalized spacial score (nSPS) is 12.2. The molecule has 0 spiro atoms. The first kappa shape index (κ1) is 17.4. The van der Waals surface area contributed by atoms with E-state index < -0.39 is 0 Å². The minimum atomic E-state index is -0.188. The number of carbonyl (C=O) groups is 1.